The van der Waals surface area contributed by atoms with Crippen molar-refractivity contribution >= 4 is 5.97 Å². The van der Waals surface area contributed by atoms with Crippen LogP contribution in [0.25, 0.3) is 0 Å². The third kappa shape index (κ3) is 2.75. The number of nitrogens with zero attached hydrogens (tertiary/aromatic N) is 1. The van der Waals surface area contributed by atoms with Crippen molar-refractivity contribution in [2.75, 3.05) is 6.54 Å². The SMILES string of the molecule is O=C(O)c1ccc(CN2CCCc3ccccc3C2)o1. The summed E-state index contributed by atoms with van der Waals surface area (Å²) in [5.74, 6) is -0.297. The van der Waals surface area contributed by atoms with E-state index in [2.05, 4.69) is 29.2 Å². The smallest absolute Gasteiger partial charge is 0.371 e. The summed E-state index contributed by atoms with van der Waals surface area (Å²) < 4.78 is 5.34. The number of carboxylic acid groups (broad SMARTS) is 1. The molecule has 0 radical (unpaired) electrons. The highest BCUT2D eigenvalue weighted by molar-refractivity contribution is 5.84. The van der Waals surface area contributed by atoms with Crippen molar-refractivity contribution < 1.29 is 14.3 Å². The van der Waals surface area contributed by atoms with Crippen molar-refractivity contribution in [1.29, 1.82) is 0 Å². The van der Waals surface area contributed by atoms with Crippen molar-refractivity contribution in [3.8, 4) is 0 Å². The molecular weight excluding hydrogens is 254 g/mol. The Hall–Kier alpha value is -2.07. The van der Waals surface area contributed by atoms with Crippen LogP contribution in [0.3, 0.4) is 0 Å². The lowest BCUT2D eigenvalue weighted by molar-refractivity contribution is 0.0658. The Kier molecular flexibility index (Phi) is 3.56. The second kappa shape index (κ2) is 5.51. The van der Waals surface area contributed by atoms with Gasteiger partial charge < -0.3 is 9.52 Å². The van der Waals surface area contributed by atoms with E-state index in [1.54, 1.807) is 6.07 Å². The maximum atomic E-state index is 10.8. The topological polar surface area (TPSA) is 53.7 Å². The first-order valence-corrected chi connectivity index (χ1v) is 6.83. The minimum Gasteiger partial charge on any atom is -0.475 e. The number of hydrogen-bond donors (Lipinski definition) is 1. The molecule has 0 fully saturated rings. The Morgan fingerprint density at radius 1 is 1.20 bits per heavy atom. The molecule has 0 amide bonds. The van der Waals surface area contributed by atoms with E-state index in [4.69, 9.17) is 9.52 Å². The lowest BCUT2D eigenvalue weighted by Gasteiger charge is -2.18. The van der Waals surface area contributed by atoms with E-state index in [-0.39, 0.29) is 5.76 Å². The van der Waals surface area contributed by atoms with Gasteiger partial charge in [-0.2, -0.15) is 0 Å². The van der Waals surface area contributed by atoms with Crippen LogP contribution in [0.2, 0.25) is 0 Å². The average Bonchev–Trinajstić information content (AvgIpc) is 2.80. The quantitative estimate of drug-likeness (QED) is 0.932. The molecule has 20 heavy (non-hydrogen) atoms. The van der Waals surface area contributed by atoms with Gasteiger partial charge in [-0.1, -0.05) is 24.3 Å². The van der Waals surface area contributed by atoms with Gasteiger partial charge in [0.1, 0.15) is 5.76 Å². The molecule has 1 aliphatic heterocycles. The van der Waals surface area contributed by atoms with Gasteiger partial charge in [0.05, 0.1) is 6.54 Å². The van der Waals surface area contributed by atoms with Gasteiger partial charge in [0.15, 0.2) is 0 Å². The normalized spacial score (nSPS) is 15.6. The summed E-state index contributed by atoms with van der Waals surface area (Å²) in [4.78, 5) is 13.1. The maximum Gasteiger partial charge on any atom is 0.371 e. The van der Waals surface area contributed by atoms with Gasteiger partial charge in [0, 0.05) is 6.54 Å². The van der Waals surface area contributed by atoms with E-state index in [0.717, 1.165) is 25.9 Å². The molecule has 0 saturated carbocycles. The number of hydrogen-bond acceptors (Lipinski definition) is 3. The lowest BCUT2D eigenvalue weighted by Crippen LogP contribution is -2.22. The number of carboxylic acids is 1. The highest BCUT2D eigenvalue weighted by Gasteiger charge is 2.16. The van der Waals surface area contributed by atoms with Crippen LogP contribution >= 0.6 is 0 Å². The van der Waals surface area contributed by atoms with E-state index in [9.17, 15) is 4.79 Å². The average molecular weight is 271 g/mol. The van der Waals surface area contributed by atoms with Crippen molar-refractivity contribution in [3.63, 3.8) is 0 Å². The monoisotopic (exact) mass is 271 g/mol. The van der Waals surface area contributed by atoms with Crippen LogP contribution in [0.1, 0.15) is 33.9 Å². The molecular formula is C16H17NO3. The van der Waals surface area contributed by atoms with Crippen LogP contribution < -0.4 is 0 Å². The molecule has 0 spiro atoms. The molecule has 1 aliphatic rings. The number of benzene rings is 1. The van der Waals surface area contributed by atoms with Crippen molar-refractivity contribution in [1.82, 2.24) is 4.90 Å². The Balaban J connectivity index is 1.73. The Labute approximate surface area is 117 Å². The molecule has 0 aliphatic carbocycles. The van der Waals surface area contributed by atoms with Gasteiger partial charge in [-0.25, -0.2) is 4.79 Å². The first kappa shape index (κ1) is 12.9. The number of aryl methyl sites for hydroxylation is 1. The van der Waals surface area contributed by atoms with Gasteiger partial charge in [-0.3, -0.25) is 4.90 Å². The molecule has 0 unspecified atom stereocenters. The van der Waals surface area contributed by atoms with E-state index in [1.165, 1.54) is 17.2 Å². The first-order valence-electron chi connectivity index (χ1n) is 6.83. The predicted molar refractivity (Wildman–Crippen MR) is 74.5 cm³/mol. The fraction of sp³-hybridized carbons (Fsp3) is 0.312. The third-order valence-corrected chi connectivity index (χ3v) is 3.68. The van der Waals surface area contributed by atoms with Gasteiger partial charge in [-0.15, -0.1) is 0 Å². The van der Waals surface area contributed by atoms with Crippen molar-refractivity contribution in [2.45, 2.75) is 25.9 Å². The summed E-state index contributed by atoms with van der Waals surface area (Å²) in [5.41, 5.74) is 2.77. The van der Waals surface area contributed by atoms with E-state index in [0.29, 0.717) is 12.3 Å². The van der Waals surface area contributed by atoms with Crippen LogP contribution in [0, 0.1) is 0 Å². The molecule has 3 rings (SSSR count). The molecule has 1 N–H and O–H groups in total. The molecule has 4 nitrogen and oxygen atoms in total. The van der Waals surface area contributed by atoms with Crippen molar-refractivity contribution in [2.24, 2.45) is 0 Å². The number of fused-ring (bicyclic) bond motifs is 1. The van der Waals surface area contributed by atoms with Crippen LogP contribution in [-0.4, -0.2) is 22.5 Å². The zero-order chi connectivity index (χ0) is 13.9. The van der Waals surface area contributed by atoms with E-state index in [1.807, 2.05) is 0 Å². The summed E-state index contributed by atoms with van der Waals surface area (Å²) in [5, 5.41) is 8.87. The summed E-state index contributed by atoms with van der Waals surface area (Å²) in [6.07, 6.45) is 2.22. The fourth-order valence-corrected chi connectivity index (χ4v) is 2.70. The van der Waals surface area contributed by atoms with Crippen LogP contribution in [-0.2, 0) is 19.5 Å². The lowest BCUT2D eigenvalue weighted by atomic mass is 10.0. The Bertz CT molecular complexity index is 618. The molecule has 0 bridgehead atoms. The molecule has 2 aromatic rings. The molecule has 2 heterocycles. The van der Waals surface area contributed by atoms with Gasteiger partial charge in [0.2, 0.25) is 5.76 Å². The Morgan fingerprint density at radius 2 is 2.00 bits per heavy atom. The molecule has 0 atom stereocenters. The molecule has 0 saturated heterocycles. The zero-order valence-electron chi connectivity index (χ0n) is 11.2. The van der Waals surface area contributed by atoms with Crippen molar-refractivity contribution in [3.05, 3.63) is 59.0 Å². The molecule has 4 heteroatoms. The summed E-state index contributed by atoms with van der Waals surface area (Å²) >= 11 is 0. The second-order valence-electron chi connectivity index (χ2n) is 5.15. The summed E-state index contributed by atoms with van der Waals surface area (Å²) in [7, 11) is 0. The number of rotatable bonds is 3. The zero-order valence-corrected chi connectivity index (χ0v) is 11.2. The number of carbonyl (C=O) groups is 1. The van der Waals surface area contributed by atoms with E-state index < -0.39 is 5.97 Å². The van der Waals surface area contributed by atoms with Gasteiger partial charge in [-0.05, 0) is 42.6 Å². The highest BCUT2D eigenvalue weighted by atomic mass is 16.4. The minimum atomic E-state index is -1.02. The summed E-state index contributed by atoms with van der Waals surface area (Å²) in [6.45, 7) is 2.54. The minimum absolute atomic E-state index is 0.00946. The van der Waals surface area contributed by atoms with Gasteiger partial charge in [0.25, 0.3) is 0 Å². The largest absolute Gasteiger partial charge is 0.475 e. The maximum absolute atomic E-state index is 10.8. The molecule has 1 aromatic carbocycles. The van der Waals surface area contributed by atoms with Gasteiger partial charge >= 0.3 is 5.97 Å². The second-order valence-corrected chi connectivity index (χ2v) is 5.15. The molecule has 104 valence electrons. The van der Waals surface area contributed by atoms with Crippen LogP contribution in [0.4, 0.5) is 0 Å². The standard InChI is InChI=1S/C16H17NO3/c18-16(19)15-8-7-14(20-15)11-17-9-3-6-12-4-1-2-5-13(12)10-17/h1-2,4-5,7-8H,3,6,9-11H2,(H,18,19). The number of aromatic carboxylic acids is 1. The molecule has 1 aromatic heterocycles. The fourth-order valence-electron chi connectivity index (χ4n) is 2.70. The predicted octanol–water partition coefficient (Wildman–Crippen LogP) is 2.93. The summed E-state index contributed by atoms with van der Waals surface area (Å²) in [6, 6.07) is 11.8. The first-order chi connectivity index (χ1) is 9.72. The highest BCUT2D eigenvalue weighted by Crippen LogP contribution is 2.20. The third-order valence-electron chi connectivity index (χ3n) is 3.68. The van der Waals surface area contributed by atoms with E-state index >= 15 is 0 Å². The number of furan rings is 1. The Morgan fingerprint density at radius 3 is 2.75 bits per heavy atom. The van der Waals surface area contributed by atoms with Crippen LogP contribution in [0.15, 0.2) is 40.8 Å². The van der Waals surface area contributed by atoms with Crippen LogP contribution in [0.5, 0.6) is 0 Å².